The van der Waals surface area contributed by atoms with Crippen LogP contribution in [-0.4, -0.2) is 53.4 Å². The van der Waals surface area contributed by atoms with Gasteiger partial charge >= 0.3 is 6.16 Å². The van der Waals surface area contributed by atoms with E-state index >= 15 is 0 Å². The highest BCUT2D eigenvalue weighted by molar-refractivity contribution is 5.94. The lowest BCUT2D eigenvalue weighted by atomic mass is 10.0. The largest absolute Gasteiger partial charge is 0.512 e. The van der Waals surface area contributed by atoms with Gasteiger partial charge < -0.3 is 19.5 Å². The van der Waals surface area contributed by atoms with Crippen molar-refractivity contribution in [2.24, 2.45) is 0 Å². The minimum absolute atomic E-state index is 0.0174. The Morgan fingerprint density at radius 1 is 1.16 bits per heavy atom. The van der Waals surface area contributed by atoms with Crippen molar-refractivity contribution < 1.29 is 24.2 Å². The van der Waals surface area contributed by atoms with Crippen LogP contribution in [-0.2, 0) is 4.74 Å². The second kappa shape index (κ2) is 7.31. The number of aromatic nitrogens is 1. The zero-order valence-corrected chi connectivity index (χ0v) is 13.8. The lowest BCUT2D eigenvalue weighted by molar-refractivity contribution is 0.0303. The molecule has 0 aliphatic carbocycles. The molecule has 1 aliphatic heterocycles. The molecule has 1 amide bonds. The fourth-order valence-electron chi connectivity index (χ4n) is 2.76. The van der Waals surface area contributed by atoms with Crippen molar-refractivity contribution in [2.45, 2.75) is 6.92 Å². The molecule has 2 heterocycles. The van der Waals surface area contributed by atoms with E-state index in [1.54, 1.807) is 30.0 Å². The normalized spacial score (nSPS) is 14.2. The van der Waals surface area contributed by atoms with Gasteiger partial charge in [0, 0.05) is 30.4 Å². The number of ether oxygens (including phenoxy) is 2. The number of carbonyl (C=O) groups excluding carboxylic acids is 1. The molecule has 25 heavy (non-hydrogen) atoms. The Bertz CT molecular complexity index is 783. The van der Waals surface area contributed by atoms with Gasteiger partial charge in [0.2, 0.25) is 5.88 Å². The SMILES string of the molecule is Cc1c(-c2ccc(C(=O)N3CCOCC3)cc2)ccnc1OC(=O)O. The van der Waals surface area contributed by atoms with Gasteiger partial charge in [-0.3, -0.25) is 4.79 Å². The van der Waals surface area contributed by atoms with Crippen LogP contribution in [0.2, 0.25) is 0 Å². The first-order valence-electron chi connectivity index (χ1n) is 7.90. The summed E-state index contributed by atoms with van der Waals surface area (Å²) in [5.74, 6) is 0.0367. The third-order valence-electron chi connectivity index (χ3n) is 4.08. The van der Waals surface area contributed by atoms with Crippen LogP contribution in [0.25, 0.3) is 11.1 Å². The van der Waals surface area contributed by atoms with Crippen molar-refractivity contribution in [3.05, 3.63) is 47.7 Å². The maximum atomic E-state index is 12.5. The van der Waals surface area contributed by atoms with Crippen LogP contribution in [0.5, 0.6) is 5.88 Å². The van der Waals surface area contributed by atoms with Crippen LogP contribution in [0, 0.1) is 6.92 Å². The summed E-state index contributed by atoms with van der Waals surface area (Å²) < 4.78 is 9.94. The Hall–Kier alpha value is -2.93. The Morgan fingerprint density at radius 2 is 1.84 bits per heavy atom. The van der Waals surface area contributed by atoms with Gasteiger partial charge in [0.25, 0.3) is 5.91 Å². The van der Waals surface area contributed by atoms with Gasteiger partial charge in [-0.2, -0.15) is 0 Å². The first kappa shape index (κ1) is 16.9. The van der Waals surface area contributed by atoms with Crippen molar-refractivity contribution in [3.63, 3.8) is 0 Å². The summed E-state index contributed by atoms with van der Waals surface area (Å²) in [6.45, 7) is 4.06. The molecular weight excluding hydrogens is 324 g/mol. The number of nitrogens with zero attached hydrogens (tertiary/aromatic N) is 2. The zero-order valence-electron chi connectivity index (χ0n) is 13.8. The Morgan fingerprint density at radius 3 is 2.48 bits per heavy atom. The van der Waals surface area contributed by atoms with Crippen molar-refractivity contribution in [1.82, 2.24) is 9.88 Å². The number of hydrogen-bond acceptors (Lipinski definition) is 5. The molecule has 1 aliphatic rings. The van der Waals surface area contributed by atoms with Gasteiger partial charge in [-0.25, -0.2) is 9.78 Å². The molecule has 0 atom stereocenters. The number of rotatable bonds is 3. The monoisotopic (exact) mass is 342 g/mol. The molecule has 0 saturated carbocycles. The predicted octanol–water partition coefficient (Wildman–Crippen LogP) is 2.59. The number of carbonyl (C=O) groups is 2. The van der Waals surface area contributed by atoms with Crippen LogP contribution in [0.1, 0.15) is 15.9 Å². The predicted molar refractivity (Wildman–Crippen MR) is 89.8 cm³/mol. The average Bonchev–Trinajstić information content (AvgIpc) is 2.63. The minimum atomic E-state index is -1.40. The van der Waals surface area contributed by atoms with E-state index in [1.165, 1.54) is 6.20 Å². The molecular formula is C18H18N2O5. The van der Waals surface area contributed by atoms with Gasteiger partial charge in [0.15, 0.2) is 0 Å². The van der Waals surface area contributed by atoms with Crippen molar-refractivity contribution in [1.29, 1.82) is 0 Å². The van der Waals surface area contributed by atoms with E-state index in [0.29, 0.717) is 37.4 Å². The van der Waals surface area contributed by atoms with Crippen LogP contribution in [0.3, 0.4) is 0 Å². The fourth-order valence-corrected chi connectivity index (χ4v) is 2.76. The average molecular weight is 342 g/mol. The number of amides is 1. The summed E-state index contributed by atoms with van der Waals surface area (Å²) in [5, 5.41) is 8.76. The summed E-state index contributed by atoms with van der Waals surface area (Å²) in [6, 6.07) is 8.99. The van der Waals surface area contributed by atoms with E-state index in [4.69, 9.17) is 9.84 Å². The van der Waals surface area contributed by atoms with E-state index < -0.39 is 6.16 Å². The number of hydrogen-bond donors (Lipinski definition) is 1. The van der Waals surface area contributed by atoms with E-state index in [-0.39, 0.29) is 11.8 Å². The quantitative estimate of drug-likeness (QED) is 0.863. The molecule has 0 bridgehead atoms. The second-order valence-corrected chi connectivity index (χ2v) is 5.64. The van der Waals surface area contributed by atoms with E-state index in [1.807, 2.05) is 12.1 Å². The highest BCUT2D eigenvalue weighted by atomic mass is 16.7. The van der Waals surface area contributed by atoms with Crippen LogP contribution < -0.4 is 4.74 Å². The van der Waals surface area contributed by atoms with Gasteiger partial charge in [-0.05, 0) is 36.2 Å². The Balaban J connectivity index is 1.83. The molecule has 0 unspecified atom stereocenters. The van der Waals surface area contributed by atoms with E-state index in [9.17, 15) is 9.59 Å². The van der Waals surface area contributed by atoms with Crippen LogP contribution in [0.4, 0.5) is 4.79 Å². The molecule has 1 aromatic carbocycles. The maximum Gasteiger partial charge on any atom is 0.512 e. The summed E-state index contributed by atoms with van der Waals surface area (Å²) >= 11 is 0. The lowest BCUT2D eigenvalue weighted by Gasteiger charge is -2.26. The number of carboxylic acid groups (broad SMARTS) is 1. The third-order valence-corrected chi connectivity index (χ3v) is 4.08. The number of benzene rings is 1. The molecule has 0 radical (unpaired) electrons. The second-order valence-electron chi connectivity index (χ2n) is 5.64. The molecule has 1 fully saturated rings. The molecule has 7 nitrogen and oxygen atoms in total. The minimum Gasteiger partial charge on any atom is -0.449 e. The summed E-state index contributed by atoms with van der Waals surface area (Å²) in [4.78, 5) is 28.9. The highest BCUT2D eigenvalue weighted by Crippen LogP contribution is 2.28. The smallest absolute Gasteiger partial charge is 0.449 e. The number of pyridine rings is 1. The molecule has 7 heteroatoms. The molecule has 3 rings (SSSR count). The van der Waals surface area contributed by atoms with Crippen molar-refractivity contribution in [2.75, 3.05) is 26.3 Å². The topological polar surface area (TPSA) is 89.0 Å². The molecule has 1 N–H and O–H groups in total. The first-order valence-corrected chi connectivity index (χ1v) is 7.90. The summed E-state index contributed by atoms with van der Waals surface area (Å²) in [7, 11) is 0. The molecule has 2 aromatic rings. The van der Waals surface area contributed by atoms with Crippen molar-refractivity contribution >= 4 is 12.1 Å². The maximum absolute atomic E-state index is 12.5. The third kappa shape index (κ3) is 3.77. The number of morpholine rings is 1. The van der Waals surface area contributed by atoms with Gasteiger partial charge in [-0.1, -0.05) is 12.1 Å². The van der Waals surface area contributed by atoms with E-state index in [2.05, 4.69) is 9.72 Å². The highest BCUT2D eigenvalue weighted by Gasteiger charge is 2.18. The first-order chi connectivity index (χ1) is 12.1. The van der Waals surface area contributed by atoms with Crippen molar-refractivity contribution in [3.8, 4) is 17.0 Å². The summed E-state index contributed by atoms with van der Waals surface area (Å²) in [5.41, 5.74) is 2.89. The fraction of sp³-hybridized carbons (Fsp3) is 0.278. The molecule has 130 valence electrons. The van der Waals surface area contributed by atoms with Crippen LogP contribution >= 0.6 is 0 Å². The molecule has 0 spiro atoms. The standard InChI is InChI=1S/C18H18N2O5/c1-12-15(6-7-19-16(12)25-18(22)23)13-2-4-14(5-3-13)17(21)20-8-10-24-11-9-20/h2-7H,8-11H2,1H3,(H,22,23). The molecule has 1 saturated heterocycles. The Labute approximate surface area is 144 Å². The molecule has 1 aromatic heterocycles. The zero-order chi connectivity index (χ0) is 17.8. The lowest BCUT2D eigenvalue weighted by Crippen LogP contribution is -2.40. The van der Waals surface area contributed by atoms with Gasteiger partial charge in [0.1, 0.15) is 0 Å². The van der Waals surface area contributed by atoms with Gasteiger partial charge in [-0.15, -0.1) is 0 Å². The van der Waals surface area contributed by atoms with E-state index in [0.717, 1.165) is 11.1 Å². The van der Waals surface area contributed by atoms with Crippen LogP contribution in [0.15, 0.2) is 36.5 Å². The van der Waals surface area contributed by atoms with Gasteiger partial charge in [0.05, 0.1) is 13.2 Å². The Kier molecular flexibility index (Phi) is 4.95. The summed E-state index contributed by atoms with van der Waals surface area (Å²) in [6.07, 6.45) is 0.0899.